The molecular formula is C19H27N3O2. The number of anilines is 1. The normalized spacial score (nSPS) is 10.8. The van der Waals surface area contributed by atoms with Crippen LogP contribution in [0, 0.1) is 13.8 Å². The van der Waals surface area contributed by atoms with Crippen LogP contribution in [0.4, 0.5) is 5.82 Å². The molecule has 1 aromatic heterocycles. The van der Waals surface area contributed by atoms with Gasteiger partial charge in [0.25, 0.3) is 5.88 Å². The average molecular weight is 329 g/mol. The third-order valence-corrected chi connectivity index (χ3v) is 4.17. The fourth-order valence-electron chi connectivity index (χ4n) is 2.68. The van der Waals surface area contributed by atoms with Crippen LogP contribution < -0.4 is 14.8 Å². The van der Waals surface area contributed by atoms with Crippen molar-refractivity contribution in [3.8, 4) is 22.9 Å². The first-order valence-corrected chi connectivity index (χ1v) is 8.38. The molecule has 0 aliphatic carbocycles. The van der Waals surface area contributed by atoms with Crippen molar-refractivity contribution in [3.05, 3.63) is 29.5 Å². The molecule has 130 valence electrons. The number of aromatic nitrogens is 2. The molecule has 1 N–H and O–H groups in total. The molecule has 5 heteroatoms. The fraction of sp³-hybridized carbons (Fsp3) is 0.474. The lowest BCUT2D eigenvalue weighted by Gasteiger charge is -2.19. The van der Waals surface area contributed by atoms with Gasteiger partial charge in [0.15, 0.2) is 5.82 Å². The van der Waals surface area contributed by atoms with Gasteiger partial charge in [0, 0.05) is 11.6 Å². The van der Waals surface area contributed by atoms with Crippen molar-refractivity contribution in [2.45, 2.75) is 46.6 Å². The Morgan fingerprint density at radius 1 is 1.04 bits per heavy atom. The van der Waals surface area contributed by atoms with Gasteiger partial charge in [-0.2, -0.15) is 0 Å². The highest BCUT2D eigenvalue weighted by Gasteiger charge is 2.18. The summed E-state index contributed by atoms with van der Waals surface area (Å²) in [4.78, 5) is 9.39. The zero-order chi connectivity index (χ0) is 17.7. The van der Waals surface area contributed by atoms with E-state index in [4.69, 9.17) is 19.4 Å². The van der Waals surface area contributed by atoms with Gasteiger partial charge in [-0.25, -0.2) is 9.97 Å². The molecule has 0 saturated heterocycles. The van der Waals surface area contributed by atoms with Crippen LogP contribution in [-0.4, -0.2) is 30.2 Å². The molecule has 0 unspecified atom stereocenters. The highest BCUT2D eigenvalue weighted by atomic mass is 16.5. The van der Waals surface area contributed by atoms with Crippen LogP contribution in [0.25, 0.3) is 11.3 Å². The summed E-state index contributed by atoms with van der Waals surface area (Å²) in [6.07, 6.45) is 2.04. The number of nitrogens with one attached hydrogen (secondary N) is 1. The Hall–Kier alpha value is -2.30. The molecule has 0 radical (unpaired) electrons. The minimum Gasteiger partial charge on any atom is -0.496 e. The van der Waals surface area contributed by atoms with E-state index in [2.05, 4.69) is 19.2 Å². The van der Waals surface area contributed by atoms with Crippen molar-refractivity contribution in [1.82, 2.24) is 9.97 Å². The van der Waals surface area contributed by atoms with Crippen LogP contribution in [0.1, 0.15) is 37.9 Å². The summed E-state index contributed by atoms with van der Waals surface area (Å²) in [7, 11) is 3.29. The molecule has 24 heavy (non-hydrogen) atoms. The summed E-state index contributed by atoms with van der Waals surface area (Å²) in [5, 5.41) is 3.43. The van der Waals surface area contributed by atoms with E-state index in [9.17, 15) is 0 Å². The number of nitrogens with zero attached hydrogens (tertiary/aromatic N) is 2. The lowest BCUT2D eigenvalue weighted by molar-refractivity contribution is 0.396. The molecule has 0 bridgehead atoms. The van der Waals surface area contributed by atoms with Gasteiger partial charge in [-0.05, 0) is 44.4 Å². The van der Waals surface area contributed by atoms with E-state index in [0.29, 0.717) is 17.7 Å². The molecule has 0 atom stereocenters. The molecule has 0 spiro atoms. The zero-order valence-corrected chi connectivity index (χ0v) is 15.4. The van der Waals surface area contributed by atoms with Gasteiger partial charge in [0.05, 0.1) is 25.6 Å². The second kappa shape index (κ2) is 7.99. The van der Waals surface area contributed by atoms with Crippen LogP contribution in [-0.2, 0) is 0 Å². The molecule has 2 aromatic rings. The Morgan fingerprint density at radius 2 is 1.75 bits per heavy atom. The number of benzene rings is 1. The average Bonchev–Trinajstić information content (AvgIpc) is 2.60. The molecular weight excluding hydrogens is 302 g/mol. The first-order chi connectivity index (χ1) is 11.5. The maximum Gasteiger partial charge on any atom is 0.257 e. The van der Waals surface area contributed by atoms with Crippen molar-refractivity contribution < 1.29 is 9.47 Å². The summed E-state index contributed by atoms with van der Waals surface area (Å²) in [6.45, 7) is 8.30. The van der Waals surface area contributed by atoms with Gasteiger partial charge in [-0.15, -0.1) is 0 Å². The lowest BCUT2D eigenvalue weighted by atomic mass is 10.1. The SMILES string of the molecule is CCC(CC)Nc1nc(C)c(-c2ccc(C)cc2OC)nc1OC. The Labute approximate surface area is 144 Å². The first-order valence-electron chi connectivity index (χ1n) is 8.38. The van der Waals surface area contributed by atoms with Gasteiger partial charge in [-0.3, -0.25) is 0 Å². The maximum atomic E-state index is 5.51. The number of ether oxygens (including phenoxy) is 2. The van der Waals surface area contributed by atoms with Gasteiger partial charge in [-0.1, -0.05) is 19.9 Å². The Kier molecular flexibility index (Phi) is 6.01. The van der Waals surface area contributed by atoms with Crippen LogP contribution in [0.15, 0.2) is 18.2 Å². The van der Waals surface area contributed by atoms with E-state index in [1.165, 1.54) is 0 Å². The Bertz CT molecular complexity index is 697. The molecule has 1 aromatic carbocycles. The second-order valence-corrected chi connectivity index (χ2v) is 5.88. The number of aryl methyl sites for hydroxylation is 2. The molecule has 0 aliphatic heterocycles. The van der Waals surface area contributed by atoms with Crippen molar-refractivity contribution >= 4 is 5.82 Å². The van der Waals surface area contributed by atoms with Gasteiger partial charge in [0.1, 0.15) is 5.75 Å². The molecule has 1 heterocycles. The molecule has 0 aliphatic rings. The number of hydrogen-bond donors (Lipinski definition) is 1. The predicted molar refractivity (Wildman–Crippen MR) is 98.0 cm³/mol. The fourth-order valence-corrected chi connectivity index (χ4v) is 2.68. The predicted octanol–water partition coefficient (Wildman–Crippen LogP) is 4.38. The highest BCUT2D eigenvalue weighted by molar-refractivity contribution is 5.71. The van der Waals surface area contributed by atoms with E-state index < -0.39 is 0 Å². The van der Waals surface area contributed by atoms with E-state index in [1.54, 1.807) is 14.2 Å². The minimum absolute atomic E-state index is 0.354. The Morgan fingerprint density at radius 3 is 2.33 bits per heavy atom. The summed E-state index contributed by atoms with van der Waals surface area (Å²) >= 11 is 0. The highest BCUT2D eigenvalue weighted by Crippen LogP contribution is 2.34. The van der Waals surface area contributed by atoms with Crippen LogP contribution in [0.3, 0.4) is 0 Å². The molecule has 2 rings (SSSR count). The largest absolute Gasteiger partial charge is 0.496 e. The summed E-state index contributed by atoms with van der Waals surface area (Å²) in [6, 6.07) is 6.41. The smallest absolute Gasteiger partial charge is 0.257 e. The molecule has 0 saturated carbocycles. The van der Waals surface area contributed by atoms with E-state index in [1.807, 2.05) is 32.0 Å². The quantitative estimate of drug-likeness (QED) is 0.817. The molecule has 0 amide bonds. The first kappa shape index (κ1) is 18.0. The number of methoxy groups -OCH3 is 2. The van der Waals surface area contributed by atoms with Crippen molar-refractivity contribution in [2.75, 3.05) is 19.5 Å². The monoisotopic (exact) mass is 329 g/mol. The summed E-state index contributed by atoms with van der Waals surface area (Å²) < 4.78 is 11.0. The second-order valence-electron chi connectivity index (χ2n) is 5.88. The third-order valence-electron chi connectivity index (χ3n) is 4.17. The Balaban J connectivity index is 2.50. The van der Waals surface area contributed by atoms with Gasteiger partial charge < -0.3 is 14.8 Å². The van der Waals surface area contributed by atoms with Gasteiger partial charge in [0.2, 0.25) is 0 Å². The molecule has 5 nitrogen and oxygen atoms in total. The summed E-state index contributed by atoms with van der Waals surface area (Å²) in [5.74, 6) is 1.99. The third kappa shape index (κ3) is 3.78. The van der Waals surface area contributed by atoms with Crippen LogP contribution in [0.2, 0.25) is 0 Å². The number of hydrogen-bond acceptors (Lipinski definition) is 5. The number of rotatable bonds is 7. The van der Waals surface area contributed by atoms with E-state index in [-0.39, 0.29) is 0 Å². The standard InChI is InChI=1S/C19H27N3O2/c1-7-14(8-2)21-18-19(24-6)22-17(13(4)20-18)15-10-9-12(3)11-16(15)23-5/h9-11,14H,7-8H2,1-6H3,(H,20,21). The van der Waals surface area contributed by atoms with Crippen molar-refractivity contribution in [2.24, 2.45) is 0 Å². The lowest BCUT2D eigenvalue weighted by Crippen LogP contribution is -2.19. The summed E-state index contributed by atoms with van der Waals surface area (Å²) in [5.41, 5.74) is 3.67. The van der Waals surface area contributed by atoms with Gasteiger partial charge >= 0.3 is 0 Å². The van der Waals surface area contributed by atoms with Crippen LogP contribution in [0.5, 0.6) is 11.6 Å². The van der Waals surface area contributed by atoms with Crippen LogP contribution >= 0.6 is 0 Å². The van der Waals surface area contributed by atoms with Crippen molar-refractivity contribution in [1.29, 1.82) is 0 Å². The minimum atomic E-state index is 0.354. The zero-order valence-electron chi connectivity index (χ0n) is 15.4. The topological polar surface area (TPSA) is 56.3 Å². The van der Waals surface area contributed by atoms with E-state index in [0.717, 1.165) is 41.1 Å². The van der Waals surface area contributed by atoms with Crippen molar-refractivity contribution in [3.63, 3.8) is 0 Å². The van der Waals surface area contributed by atoms with E-state index >= 15 is 0 Å². The molecule has 0 fully saturated rings. The maximum absolute atomic E-state index is 5.51.